The van der Waals surface area contributed by atoms with Crippen LogP contribution in [0.5, 0.6) is 23.0 Å². The van der Waals surface area contributed by atoms with Crippen molar-refractivity contribution < 1.29 is 36.3 Å². The first-order valence-electron chi connectivity index (χ1n) is 22.3. The Morgan fingerprint density at radius 3 is 1.17 bits per heavy atom. The maximum absolute atomic E-state index is 14.9. The minimum Gasteiger partial charge on any atom is -0.395 e. The quantitative estimate of drug-likeness (QED) is 0.0700. The van der Waals surface area contributed by atoms with Crippen LogP contribution in [0.15, 0.2) is 170 Å². The van der Waals surface area contributed by atoms with E-state index in [9.17, 15) is 9.13 Å². The van der Waals surface area contributed by atoms with Crippen molar-refractivity contribution in [3.05, 3.63) is 192 Å². The van der Waals surface area contributed by atoms with Crippen LogP contribution in [0.3, 0.4) is 0 Å². The second-order valence-corrected chi connectivity index (χ2v) is 19.4. The van der Waals surface area contributed by atoms with Crippen molar-refractivity contribution in [2.45, 2.75) is 103 Å². The Bertz CT molecular complexity index is 2380. The number of phosphoric acid groups is 2. The lowest BCUT2D eigenvalue weighted by atomic mass is 9.62. The predicted molar refractivity (Wildman–Crippen MR) is 251 cm³/mol. The number of hydrogen-bond donors (Lipinski definition) is 0. The van der Waals surface area contributed by atoms with Crippen molar-refractivity contribution >= 4 is 15.6 Å². The normalized spacial score (nSPS) is 17.9. The molecular weight excluding hydrogens is 827 g/mol. The third-order valence-electron chi connectivity index (χ3n) is 12.6. The van der Waals surface area contributed by atoms with Gasteiger partial charge in [-0.3, -0.25) is 9.05 Å². The van der Waals surface area contributed by atoms with E-state index in [1.807, 2.05) is 125 Å². The Hall–Kier alpha value is -5.10. The fourth-order valence-corrected chi connectivity index (χ4v) is 12.4. The standard InChI is InChI=1S/C53H60O8P2/c1-6-52(7-2,45-24-14-10-15-25-45)60-63(55,58-49-30-20-13-21-31-49)59-50-38-36-44(37-39-50)51(40-22-23-42(5)41-51)43-32-34-46(35-33-43)53(8-3,9-4)61-62(54,56-47-26-16-11-17-27-47)57-48-28-18-12-19-29-48/h10-21,24-39,42H,6-9,22-23,40-41H2,1-5H3. The Kier molecular flexibility index (Phi) is 14.7. The number of rotatable bonds is 20. The molecule has 0 spiro atoms. The second kappa shape index (κ2) is 20.2. The van der Waals surface area contributed by atoms with Crippen LogP contribution < -0.4 is 18.1 Å². The van der Waals surface area contributed by atoms with E-state index in [1.165, 1.54) is 5.56 Å². The molecule has 6 aromatic carbocycles. The van der Waals surface area contributed by atoms with Gasteiger partial charge in [-0.05, 0) is 115 Å². The molecule has 0 aromatic heterocycles. The Morgan fingerprint density at radius 2 is 0.810 bits per heavy atom. The monoisotopic (exact) mass is 886 g/mol. The van der Waals surface area contributed by atoms with Crippen LogP contribution in [0.1, 0.15) is 108 Å². The molecule has 0 amide bonds. The fourth-order valence-electron chi connectivity index (χ4n) is 9.09. The highest BCUT2D eigenvalue weighted by atomic mass is 31.2. The molecule has 0 saturated heterocycles. The van der Waals surface area contributed by atoms with Crippen LogP contribution in [-0.2, 0) is 34.8 Å². The molecule has 0 heterocycles. The van der Waals surface area contributed by atoms with Gasteiger partial charge in [-0.15, -0.1) is 0 Å². The summed E-state index contributed by atoms with van der Waals surface area (Å²) in [6.07, 6.45) is 6.29. The molecule has 3 unspecified atom stereocenters. The van der Waals surface area contributed by atoms with Crippen molar-refractivity contribution in [3.63, 3.8) is 0 Å². The molecule has 63 heavy (non-hydrogen) atoms. The van der Waals surface area contributed by atoms with E-state index in [1.54, 1.807) is 36.4 Å². The molecule has 0 aliphatic heterocycles. The first kappa shape index (κ1) is 45.9. The Labute approximate surface area is 374 Å². The van der Waals surface area contributed by atoms with Gasteiger partial charge < -0.3 is 18.1 Å². The van der Waals surface area contributed by atoms with E-state index >= 15 is 0 Å². The number of para-hydroxylation sites is 3. The molecule has 0 N–H and O–H groups in total. The maximum Gasteiger partial charge on any atom is 0.588 e. The summed E-state index contributed by atoms with van der Waals surface area (Å²) in [4.78, 5) is 0. The molecule has 1 aliphatic carbocycles. The smallest absolute Gasteiger partial charge is 0.395 e. The third-order valence-corrected chi connectivity index (χ3v) is 15.5. The van der Waals surface area contributed by atoms with E-state index in [2.05, 4.69) is 43.3 Å². The molecule has 330 valence electrons. The molecule has 0 bridgehead atoms. The molecule has 6 aromatic rings. The highest BCUT2D eigenvalue weighted by Crippen LogP contribution is 2.58. The maximum atomic E-state index is 14.9. The highest BCUT2D eigenvalue weighted by molar-refractivity contribution is 7.49. The minimum atomic E-state index is -4.25. The van der Waals surface area contributed by atoms with E-state index in [-0.39, 0.29) is 5.41 Å². The van der Waals surface area contributed by atoms with Gasteiger partial charge in [-0.2, -0.15) is 0 Å². The van der Waals surface area contributed by atoms with Crippen molar-refractivity contribution in [1.82, 2.24) is 0 Å². The zero-order valence-corrected chi connectivity index (χ0v) is 38.8. The number of hydrogen-bond acceptors (Lipinski definition) is 8. The second-order valence-electron chi connectivity index (χ2n) is 16.5. The summed E-state index contributed by atoms with van der Waals surface area (Å²) in [6, 6.07) is 53.3. The van der Waals surface area contributed by atoms with E-state index in [4.69, 9.17) is 27.1 Å². The van der Waals surface area contributed by atoms with E-state index < -0.39 is 26.8 Å². The summed E-state index contributed by atoms with van der Waals surface area (Å²) in [7, 11) is -8.46. The van der Waals surface area contributed by atoms with Gasteiger partial charge >= 0.3 is 15.6 Å². The Balaban J connectivity index is 1.19. The summed E-state index contributed by atoms with van der Waals surface area (Å²) >= 11 is 0. The van der Waals surface area contributed by atoms with E-state index in [0.29, 0.717) is 54.6 Å². The van der Waals surface area contributed by atoms with Crippen LogP contribution in [0.4, 0.5) is 0 Å². The van der Waals surface area contributed by atoms with Crippen molar-refractivity contribution in [2.75, 3.05) is 0 Å². The first-order valence-corrected chi connectivity index (χ1v) is 25.2. The van der Waals surface area contributed by atoms with Crippen LogP contribution in [-0.4, -0.2) is 0 Å². The van der Waals surface area contributed by atoms with Crippen molar-refractivity contribution in [2.24, 2.45) is 5.92 Å². The van der Waals surface area contributed by atoms with Crippen LogP contribution in [0, 0.1) is 5.92 Å². The van der Waals surface area contributed by atoms with Gasteiger partial charge in [-0.1, -0.05) is 169 Å². The van der Waals surface area contributed by atoms with Gasteiger partial charge in [0.05, 0.1) is 0 Å². The zero-order valence-electron chi connectivity index (χ0n) is 37.1. The summed E-state index contributed by atoms with van der Waals surface area (Å²) in [5, 5.41) is 0. The van der Waals surface area contributed by atoms with Crippen LogP contribution >= 0.6 is 15.6 Å². The van der Waals surface area contributed by atoms with Crippen molar-refractivity contribution in [1.29, 1.82) is 0 Å². The topological polar surface area (TPSA) is 89.5 Å². The van der Waals surface area contributed by atoms with Gasteiger partial charge in [0.2, 0.25) is 0 Å². The molecule has 7 rings (SSSR count). The molecule has 1 aliphatic rings. The van der Waals surface area contributed by atoms with E-state index in [0.717, 1.165) is 42.4 Å². The highest BCUT2D eigenvalue weighted by Gasteiger charge is 2.46. The number of benzene rings is 6. The van der Waals surface area contributed by atoms with Gasteiger partial charge in [0.25, 0.3) is 0 Å². The Morgan fingerprint density at radius 1 is 0.476 bits per heavy atom. The summed E-state index contributed by atoms with van der Waals surface area (Å²) in [5.41, 5.74) is 1.92. The summed E-state index contributed by atoms with van der Waals surface area (Å²) in [5.74, 6) is 2.04. The minimum absolute atomic E-state index is 0.299. The molecule has 3 atom stereocenters. The van der Waals surface area contributed by atoms with Gasteiger partial charge in [-0.25, -0.2) is 9.13 Å². The molecule has 1 saturated carbocycles. The van der Waals surface area contributed by atoms with Gasteiger partial charge in [0, 0.05) is 5.41 Å². The molecule has 1 fully saturated rings. The molecule has 10 heteroatoms. The lowest BCUT2D eigenvalue weighted by Gasteiger charge is -2.42. The zero-order chi connectivity index (χ0) is 44.4. The lowest BCUT2D eigenvalue weighted by Crippen LogP contribution is -2.34. The SMILES string of the molecule is CCC(CC)(OP(=O)(Oc1ccccc1)Oc1ccc(C2(c3ccc(C(CC)(CC)OP(=O)(Oc4ccccc4)Oc4ccccc4)cc3)CCCC(C)C2)cc1)c1ccccc1. The average molecular weight is 887 g/mol. The summed E-state index contributed by atoms with van der Waals surface area (Å²) in [6.45, 7) is 10.4. The lowest BCUT2D eigenvalue weighted by molar-refractivity contribution is 0.0277. The third kappa shape index (κ3) is 10.6. The molecule has 8 nitrogen and oxygen atoms in total. The first-order chi connectivity index (χ1) is 30.5. The van der Waals surface area contributed by atoms with Gasteiger partial charge in [0.15, 0.2) is 0 Å². The van der Waals surface area contributed by atoms with Crippen molar-refractivity contribution in [3.8, 4) is 23.0 Å². The predicted octanol–water partition coefficient (Wildman–Crippen LogP) is 15.8. The van der Waals surface area contributed by atoms with Gasteiger partial charge in [0.1, 0.15) is 34.2 Å². The number of phosphoric ester groups is 2. The fraction of sp³-hybridized carbons (Fsp3) is 0.321. The summed E-state index contributed by atoms with van der Waals surface area (Å²) < 4.78 is 67.5. The largest absolute Gasteiger partial charge is 0.588 e. The van der Waals surface area contributed by atoms with Crippen LogP contribution in [0.25, 0.3) is 0 Å². The molecule has 0 radical (unpaired) electrons. The van der Waals surface area contributed by atoms with Crippen LogP contribution in [0.2, 0.25) is 0 Å². The molecular formula is C53H60O8P2. The average Bonchev–Trinajstić information content (AvgIpc) is 3.31.